The van der Waals surface area contributed by atoms with Gasteiger partial charge in [-0.25, -0.2) is 9.07 Å². The summed E-state index contributed by atoms with van der Waals surface area (Å²) in [5.41, 5.74) is 5.78. The second kappa shape index (κ2) is 8.60. The standard InChI is InChI=1S/C27H29FN4O/c1-30(2)26(33)18-31-13-12-22-14-25-21(17-29-32(25)24-10-8-23(28)9-11-24)16-27(22,19-31)15-20-6-4-3-5-7-20/h3-11,14,17H,12-13,15-16,18-19H2,1-2H3. The fourth-order valence-electron chi connectivity index (χ4n) is 5.23. The quantitative estimate of drug-likeness (QED) is 0.598. The molecule has 1 atom stereocenters. The van der Waals surface area contributed by atoms with Crippen molar-refractivity contribution in [1.29, 1.82) is 0 Å². The molecule has 0 N–H and O–H groups in total. The van der Waals surface area contributed by atoms with E-state index in [0.717, 1.165) is 43.7 Å². The Morgan fingerprint density at radius 1 is 1.12 bits per heavy atom. The van der Waals surface area contributed by atoms with Gasteiger partial charge in [-0.15, -0.1) is 0 Å². The molecule has 1 fully saturated rings. The maximum Gasteiger partial charge on any atom is 0.236 e. The van der Waals surface area contributed by atoms with Gasteiger partial charge in [0, 0.05) is 32.6 Å². The first-order valence-electron chi connectivity index (χ1n) is 11.4. The minimum absolute atomic E-state index is 0.0736. The van der Waals surface area contributed by atoms with E-state index in [9.17, 15) is 9.18 Å². The molecule has 6 heteroatoms. The van der Waals surface area contributed by atoms with Crippen LogP contribution in [0.4, 0.5) is 4.39 Å². The molecule has 1 saturated heterocycles. The van der Waals surface area contributed by atoms with Crippen LogP contribution in [-0.4, -0.2) is 59.2 Å². The van der Waals surface area contributed by atoms with Crippen molar-refractivity contribution in [1.82, 2.24) is 19.6 Å². The average Bonchev–Trinajstić information content (AvgIpc) is 3.20. The summed E-state index contributed by atoms with van der Waals surface area (Å²) in [5.74, 6) is -0.113. The lowest BCUT2D eigenvalue weighted by molar-refractivity contribution is -0.130. The van der Waals surface area contributed by atoms with Crippen molar-refractivity contribution >= 4 is 12.0 Å². The van der Waals surface area contributed by atoms with Crippen LogP contribution in [0.5, 0.6) is 0 Å². The number of aromatic nitrogens is 2. The number of amides is 1. The van der Waals surface area contributed by atoms with Gasteiger partial charge in [-0.3, -0.25) is 9.69 Å². The number of fused-ring (bicyclic) bond motifs is 2. The highest BCUT2D eigenvalue weighted by Gasteiger charge is 2.43. The van der Waals surface area contributed by atoms with Crippen molar-refractivity contribution < 1.29 is 9.18 Å². The maximum atomic E-state index is 13.4. The molecule has 1 amide bonds. The molecule has 1 aliphatic heterocycles. The van der Waals surface area contributed by atoms with Gasteiger partial charge in [0.1, 0.15) is 5.82 Å². The summed E-state index contributed by atoms with van der Waals surface area (Å²) >= 11 is 0. The lowest BCUT2D eigenvalue weighted by Crippen LogP contribution is -2.50. The molecular formula is C27H29FN4O. The van der Waals surface area contributed by atoms with E-state index in [1.165, 1.54) is 28.8 Å². The topological polar surface area (TPSA) is 41.4 Å². The van der Waals surface area contributed by atoms with Crippen molar-refractivity contribution in [2.24, 2.45) is 5.41 Å². The lowest BCUT2D eigenvalue weighted by atomic mass is 9.65. The third-order valence-corrected chi connectivity index (χ3v) is 6.95. The molecule has 1 aliphatic carbocycles. The van der Waals surface area contributed by atoms with E-state index < -0.39 is 0 Å². The van der Waals surface area contributed by atoms with Crippen LogP contribution in [0.15, 0.2) is 66.4 Å². The average molecular weight is 445 g/mol. The first kappa shape index (κ1) is 21.6. The van der Waals surface area contributed by atoms with Gasteiger partial charge < -0.3 is 4.90 Å². The van der Waals surface area contributed by atoms with Crippen molar-refractivity contribution in [3.8, 4) is 5.69 Å². The van der Waals surface area contributed by atoms with E-state index in [1.807, 2.05) is 31.0 Å². The number of hydrogen-bond donors (Lipinski definition) is 0. The summed E-state index contributed by atoms with van der Waals surface area (Å²) in [6.45, 7) is 2.15. The van der Waals surface area contributed by atoms with Gasteiger partial charge in [0.25, 0.3) is 0 Å². The first-order chi connectivity index (χ1) is 15.9. The smallest absolute Gasteiger partial charge is 0.236 e. The molecule has 0 radical (unpaired) electrons. The Hall–Kier alpha value is -3.25. The van der Waals surface area contributed by atoms with Gasteiger partial charge in [-0.1, -0.05) is 35.9 Å². The van der Waals surface area contributed by atoms with E-state index >= 15 is 0 Å². The summed E-state index contributed by atoms with van der Waals surface area (Å²) in [5, 5.41) is 4.66. The molecule has 0 bridgehead atoms. The zero-order valence-corrected chi connectivity index (χ0v) is 19.2. The molecule has 3 aromatic rings. The van der Waals surface area contributed by atoms with Gasteiger partial charge in [0.2, 0.25) is 5.91 Å². The number of benzene rings is 2. The van der Waals surface area contributed by atoms with Gasteiger partial charge in [-0.2, -0.15) is 5.10 Å². The minimum Gasteiger partial charge on any atom is -0.348 e. The molecule has 1 unspecified atom stereocenters. The summed E-state index contributed by atoms with van der Waals surface area (Å²) in [4.78, 5) is 16.4. The summed E-state index contributed by atoms with van der Waals surface area (Å²) in [6, 6.07) is 17.1. The highest BCUT2D eigenvalue weighted by atomic mass is 19.1. The molecule has 5 rings (SSSR count). The number of hydrogen-bond acceptors (Lipinski definition) is 3. The number of halogens is 1. The predicted octanol–water partition coefficient (Wildman–Crippen LogP) is 3.97. The molecule has 5 nitrogen and oxygen atoms in total. The molecule has 33 heavy (non-hydrogen) atoms. The SMILES string of the molecule is CN(C)C(=O)CN1CCC2=Cc3c(cnn3-c3ccc(F)cc3)CC2(Cc2ccccc2)C1. The zero-order chi connectivity index (χ0) is 23.0. The van der Waals surface area contributed by atoms with Crippen LogP contribution in [0.25, 0.3) is 11.8 Å². The zero-order valence-electron chi connectivity index (χ0n) is 19.2. The molecule has 0 spiro atoms. The van der Waals surface area contributed by atoms with Gasteiger partial charge in [0.05, 0.1) is 24.1 Å². The summed E-state index contributed by atoms with van der Waals surface area (Å²) < 4.78 is 15.4. The van der Waals surface area contributed by atoms with Crippen LogP contribution in [0.2, 0.25) is 0 Å². The van der Waals surface area contributed by atoms with Crippen LogP contribution in [0, 0.1) is 11.2 Å². The third-order valence-electron chi connectivity index (χ3n) is 6.95. The van der Waals surface area contributed by atoms with Crippen molar-refractivity contribution in [2.45, 2.75) is 19.3 Å². The fourth-order valence-corrected chi connectivity index (χ4v) is 5.23. The minimum atomic E-state index is -0.250. The molecule has 2 heterocycles. The second-order valence-electron chi connectivity index (χ2n) is 9.48. The van der Waals surface area contributed by atoms with Crippen LogP contribution >= 0.6 is 0 Å². The predicted molar refractivity (Wildman–Crippen MR) is 128 cm³/mol. The Balaban J connectivity index is 1.51. The Bertz CT molecular complexity index is 1180. The lowest BCUT2D eigenvalue weighted by Gasteiger charge is -2.47. The van der Waals surface area contributed by atoms with E-state index in [4.69, 9.17) is 0 Å². The highest BCUT2D eigenvalue weighted by molar-refractivity contribution is 5.77. The van der Waals surface area contributed by atoms with Crippen LogP contribution in [0.3, 0.4) is 0 Å². The van der Waals surface area contributed by atoms with Crippen molar-refractivity contribution in [2.75, 3.05) is 33.7 Å². The van der Waals surface area contributed by atoms with E-state index in [1.54, 1.807) is 17.0 Å². The van der Waals surface area contributed by atoms with Crippen LogP contribution < -0.4 is 0 Å². The number of piperidine rings is 1. The molecule has 1 aromatic heterocycles. The number of likely N-dealkylation sites (N-methyl/N-ethyl adjacent to an activating group) is 1. The third kappa shape index (κ3) is 4.23. The second-order valence-corrected chi connectivity index (χ2v) is 9.48. The number of rotatable bonds is 5. The Morgan fingerprint density at radius 3 is 2.61 bits per heavy atom. The maximum absolute atomic E-state index is 13.4. The monoisotopic (exact) mass is 444 g/mol. The summed E-state index contributed by atoms with van der Waals surface area (Å²) in [6.07, 6.45) is 6.96. The van der Waals surface area contributed by atoms with E-state index in [0.29, 0.717) is 6.54 Å². The fraction of sp³-hybridized carbons (Fsp3) is 0.333. The Kier molecular flexibility index (Phi) is 5.62. The normalized spacial score (nSPS) is 20.0. The summed E-state index contributed by atoms with van der Waals surface area (Å²) in [7, 11) is 3.63. The molecule has 2 aromatic carbocycles. The van der Waals surface area contributed by atoms with E-state index in [2.05, 4.69) is 40.3 Å². The number of carbonyl (C=O) groups excluding carboxylic acids is 1. The largest absolute Gasteiger partial charge is 0.348 e. The van der Waals surface area contributed by atoms with Crippen molar-refractivity contribution in [3.63, 3.8) is 0 Å². The Morgan fingerprint density at radius 2 is 1.88 bits per heavy atom. The van der Waals surface area contributed by atoms with Gasteiger partial charge in [0.15, 0.2) is 0 Å². The van der Waals surface area contributed by atoms with Gasteiger partial charge in [-0.05, 0) is 60.7 Å². The number of carbonyl (C=O) groups is 1. The first-order valence-corrected chi connectivity index (χ1v) is 11.4. The van der Waals surface area contributed by atoms with Gasteiger partial charge >= 0.3 is 0 Å². The van der Waals surface area contributed by atoms with E-state index in [-0.39, 0.29) is 17.1 Å². The molecular weight excluding hydrogens is 415 g/mol. The molecule has 0 saturated carbocycles. The number of nitrogens with zero attached hydrogens (tertiary/aromatic N) is 4. The Labute approximate surface area is 194 Å². The highest BCUT2D eigenvalue weighted by Crippen LogP contribution is 2.46. The molecule has 170 valence electrons. The van der Waals surface area contributed by atoms with Crippen LogP contribution in [0.1, 0.15) is 23.2 Å². The number of likely N-dealkylation sites (tertiary alicyclic amines) is 1. The van der Waals surface area contributed by atoms with Crippen molar-refractivity contribution in [3.05, 3.63) is 89.0 Å². The molecule has 2 aliphatic rings. The van der Waals surface area contributed by atoms with Crippen LogP contribution in [-0.2, 0) is 17.6 Å².